The number of benzene rings is 1. The smallest absolute Gasteiger partial charge is 0.404 e. The van der Waals surface area contributed by atoms with Gasteiger partial charge in [0, 0.05) is 12.7 Å². The van der Waals surface area contributed by atoms with E-state index in [4.69, 9.17) is 4.52 Å². The second kappa shape index (κ2) is 4.58. The Kier molecular flexibility index (Phi) is 3.79. The van der Waals surface area contributed by atoms with Crippen LogP contribution in [0.25, 0.3) is 0 Å². The van der Waals surface area contributed by atoms with E-state index in [1.165, 1.54) is 0 Å². The van der Waals surface area contributed by atoms with Gasteiger partial charge in [0.1, 0.15) is 5.75 Å². The zero-order valence-corrected chi connectivity index (χ0v) is 10.8. The van der Waals surface area contributed by atoms with E-state index in [1.54, 1.807) is 12.1 Å². The SMILES string of the molecule is COP(=O)(O)Oc1ccccc1C(C)(C)C. The summed E-state index contributed by atoms with van der Waals surface area (Å²) < 4.78 is 20.7. The van der Waals surface area contributed by atoms with Crippen LogP contribution in [0.15, 0.2) is 24.3 Å². The summed E-state index contributed by atoms with van der Waals surface area (Å²) in [6.45, 7) is 6.01. The molecule has 0 saturated carbocycles. The van der Waals surface area contributed by atoms with Gasteiger partial charge < -0.3 is 4.52 Å². The molecule has 4 nitrogen and oxygen atoms in total. The Labute approximate surface area is 95.8 Å². The fourth-order valence-corrected chi connectivity index (χ4v) is 1.81. The molecule has 0 saturated heterocycles. The standard InChI is InChI=1S/C11H17O4P/c1-11(2,3)9-7-5-6-8-10(9)15-16(12,13)14-4/h5-8H,1-4H3,(H,12,13). The first kappa shape index (κ1) is 13.2. The number of rotatable bonds is 3. The minimum atomic E-state index is -3.99. The van der Waals surface area contributed by atoms with Crippen molar-refractivity contribution in [2.45, 2.75) is 26.2 Å². The minimum absolute atomic E-state index is 0.162. The fourth-order valence-electron chi connectivity index (χ4n) is 1.33. The molecule has 0 fully saturated rings. The van der Waals surface area contributed by atoms with Crippen LogP contribution in [0.1, 0.15) is 26.3 Å². The van der Waals surface area contributed by atoms with Crippen molar-refractivity contribution in [1.82, 2.24) is 0 Å². The van der Waals surface area contributed by atoms with Gasteiger partial charge in [-0.3, -0.25) is 9.42 Å². The van der Waals surface area contributed by atoms with Crippen molar-refractivity contribution in [3.8, 4) is 5.75 Å². The molecule has 1 unspecified atom stereocenters. The number of phosphoric ester groups is 1. The van der Waals surface area contributed by atoms with Crippen LogP contribution in [0.4, 0.5) is 0 Å². The van der Waals surface area contributed by atoms with Crippen molar-refractivity contribution in [1.29, 1.82) is 0 Å². The molecular weight excluding hydrogens is 227 g/mol. The maximum Gasteiger partial charge on any atom is 0.527 e. The van der Waals surface area contributed by atoms with Gasteiger partial charge in [-0.15, -0.1) is 0 Å². The number of para-hydroxylation sites is 1. The Morgan fingerprint density at radius 1 is 1.25 bits per heavy atom. The molecule has 1 aromatic rings. The van der Waals surface area contributed by atoms with Gasteiger partial charge in [0.2, 0.25) is 0 Å². The number of hydrogen-bond acceptors (Lipinski definition) is 3. The number of phosphoric acid groups is 1. The molecule has 0 radical (unpaired) electrons. The third-order valence-electron chi connectivity index (χ3n) is 2.14. The summed E-state index contributed by atoms with van der Waals surface area (Å²) in [4.78, 5) is 9.28. The van der Waals surface area contributed by atoms with Crippen molar-refractivity contribution in [2.24, 2.45) is 0 Å². The lowest BCUT2D eigenvalue weighted by Gasteiger charge is -2.23. The summed E-state index contributed by atoms with van der Waals surface area (Å²) in [7, 11) is -2.85. The molecular formula is C11H17O4P. The molecule has 0 bridgehead atoms. The largest absolute Gasteiger partial charge is 0.527 e. The summed E-state index contributed by atoms with van der Waals surface area (Å²) in [5.74, 6) is 0.377. The molecule has 0 heterocycles. The first-order valence-corrected chi connectivity index (χ1v) is 6.43. The van der Waals surface area contributed by atoms with Crippen LogP contribution < -0.4 is 4.52 Å². The average molecular weight is 244 g/mol. The first-order valence-electron chi connectivity index (χ1n) is 4.94. The Morgan fingerprint density at radius 2 is 1.81 bits per heavy atom. The topological polar surface area (TPSA) is 55.8 Å². The minimum Gasteiger partial charge on any atom is -0.404 e. The quantitative estimate of drug-likeness (QED) is 0.830. The van der Waals surface area contributed by atoms with Crippen molar-refractivity contribution >= 4 is 7.82 Å². The molecule has 1 atom stereocenters. The molecule has 5 heteroatoms. The van der Waals surface area contributed by atoms with Gasteiger partial charge >= 0.3 is 7.82 Å². The van der Waals surface area contributed by atoms with E-state index in [1.807, 2.05) is 32.9 Å². The summed E-state index contributed by atoms with van der Waals surface area (Å²) >= 11 is 0. The van der Waals surface area contributed by atoms with E-state index < -0.39 is 7.82 Å². The molecule has 0 spiro atoms. The zero-order chi connectivity index (χ0) is 12.4. The van der Waals surface area contributed by atoms with Gasteiger partial charge in [0.25, 0.3) is 0 Å². The summed E-state index contributed by atoms with van der Waals surface area (Å²) in [6.07, 6.45) is 0. The van der Waals surface area contributed by atoms with E-state index in [-0.39, 0.29) is 5.41 Å². The Bertz CT molecular complexity index is 409. The predicted molar refractivity (Wildman–Crippen MR) is 62.6 cm³/mol. The van der Waals surface area contributed by atoms with E-state index >= 15 is 0 Å². The molecule has 90 valence electrons. The lowest BCUT2D eigenvalue weighted by Crippen LogP contribution is -2.12. The van der Waals surface area contributed by atoms with Crippen LogP contribution in [0, 0.1) is 0 Å². The highest BCUT2D eigenvalue weighted by Gasteiger charge is 2.25. The molecule has 0 aliphatic heterocycles. The third kappa shape index (κ3) is 3.34. The van der Waals surface area contributed by atoms with Crippen molar-refractivity contribution in [3.63, 3.8) is 0 Å². The highest BCUT2D eigenvalue weighted by molar-refractivity contribution is 7.47. The number of hydrogen-bond donors (Lipinski definition) is 1. The lowest BCUT2D eigenvalue weighted by atomic mass is 9.86. The van der Waals surface area contributed by atoms with Gasteiger partial charge in [-0.25, -0.2) is 4.57 Å². The fraction of sp³-hybridized carbons (Fsp3) is 0.455. The zero-order valence-electron chi connectivity index (χ0n) is 9.93. The molecule has 0 aromatic heterocycles. The highest BCUT2D eigenvalue weighted by Crippen LogP contribution is 2.45. The van der Waals surface area contributed by atoms with E-state index in [0.29, 0.717) is 5.75 Å². The van der Waals surface area contributed by atoms with Gasteiger partial charge in [0.15, 0.2) is 0 Å². The molecule has 0 amide bonds. The Morgan fingerprint density at radius 3 is 2.31 bits per heavy atom. The van der Waals surface area contributed by atoms with Crippen LogP contribution in [-0.4, -0.2) is 12.0 Å². The van der Waals surface area contributed by atoms with Crippen LogP contribution in [-0.2, 0) is 14.5 Å². The normalized spacial score (nSPS) is 15.6. The molecule has 1 rings (SSSR count). The van der Waals surface area contributed by atoms with Crippen LogP contribution >= 0.6 is 7.82 Å². The monoisotopic (exact) mass is 244 g/mol. The van der Waals surface area contributed by atoms with Crippen molar-refractivity contribution in [3.05, 3.63) is 29.8 Å². The maximum atomic E-state index is 11.3. The van der Waals surface area contributed by atoms with E-state index in [9.17, 15) is 9.46 Å². The molecule has 0 aliphatic carbocycles. The Balaban J connectivity index is 3.11. The molecule has 0 aliphatic rings. The summed E-state index contributed by atoms with van der Waals surface area (Å²) in [5, 5.41) is 0. The average Bonchev–Trinajstić information content (AvgIpc) is 2.16. The maximum absolute atomic E-state index is 11.3. The summed E-state index contributed by atoms with van der Waals surface area (Å²) in [6, 6.07) is 7.14. The molecule has 1 N–H and O–H groups in total. The van der Waals surface area contributed by atoms with Crippen molar-refractivity contribution < 1.29 is 18.5 Å². The van der Waals surface area contributed by atoms with Gasteiger partial charge in [-0.1, -0.05) is 39.0 Å². The predicted octanol–water partition coefficient (Wildman–Crippen LogP) is 3.11. The highest BCUT2D eigenvalue weighted by atomic mass is 31.2. The second-order valence-corrected chi connectivity index (χ2v) is 5.97. The van der Waals surface area contributed by atoms with E-state index in [0.717, 1.165) is 12.7 Å². The second-order valence-electron chi connectivity index (χ2n) is 4.49. The third-order valence-corrected chi connectivity index (χ3v) is 3.03. The lowest BCUT2D eigenvalue weighted by molar-refractivity contribution is 0.241. The van der Waals surface area contributed by atoms with Crippen LogP contribution in [0.3, 0.4) is 0 Å². The van der Waals surface area contributed by atoms with E-state index in [2.05, 4.69) is 4.52 Å². The Hall–Kier alpha value is -0.830. The van der Waals surface area contributed by atoms with Crippen LogP contribution in [0.5, 0.6) is 5.75 Å². The van der Waals surface area contributed by atoms with Gasteiger partial charge in [0.05, 0.1) is 0 Å². The molecule has 1 aromatic carbocycles. The van der Waals surface area contributed by atoms with Gasteiger partial charge in [-0.05, 0) is 11.5 Å². The van der Waals surface area contributed by atoms with Crippen LogP contribution in [0.2, 0.25) is 0 Å². The first-order chi connectivity index (χ1) is 7.26. The van der Waals surface area contributed by atoms with Crippen molar-refractivity contribution in [2.75, 3.05) is 7.11 Å². The summed E-state index contributed by atoms with van der Waals surface area (Å²) in [5.41, 5.74) is 0.700. The van der Waals surface area contributed by atoms with Gasteiger partial charge in [-0.2, -0.15) is 0 Å². The molecule has 16 heavy (non-hydrogen) atoms.